The smallest absolute Gasteiger partial charge is 0.122 e. The summed E-state index contributed by atoms with van der Waals surface area (Å²) in [6.45, 7) is 10.9. The fourth-order valence-electron chi connectivity index (χ4n) is 2.46. The molecule has 1 aliphatic rings. The Balaban J connectivity index is 1.86. The van der Waals surface area contributed by atoms with E-state index in [0.29, 0.717) is 5.92 Å². The van der Waals surface area contributed by atoms with E-state index in [9.17, 15) is 0 Å². The lowest BCUT2D eigenvalue weighted by Gasteiger charge is -2.20. The first-order valence-electron chi connectivity index (χ1n) is 7.70. The van der Waals surface area contributed by atoms with E-state index in [1.165, 1.54) is 31.4 Å². The molecule has 1 aromatic heterocycles. The minimum atomic E-state index is 0.693. The van der Waals surface area contributed by atoms with Crippen LogP contribution in [0.2, 0.25) is 0 Å². The van der Waals surface area contributed by atoms with Crippen LogP contribution < -0.4 is 5.32 Å². The molecule has 1 fully saturated rings. The maximum Gasteiger partial charge on any atom is 0.122 e. The van der Waals surface area contributed by atoms with Crippen LogP contribution in [0.25, 0.3) is 0 Å². The molecule has 0 saturated heterocycles. The third-order valence-corrected chi connectivity index (χ3v) is 3.63. The monoisotopic (exact) mass is 264 g/mol. The van der Waals surface area contributed by atoms with Crippen molar-refractivity contribution in [3.8, 4) is 0 Å². The minimum absolute atomic E-state index is 0.693. The molecule has 0 radical (unpaired) electrons. The average Bonchev–Trinajstić information content (AvgIpc) is 3.12. The molecule has 3 nitrogen and oxygen atoms in total. The third kappa shape index (κ3) is 4.66. The van der Waals surface area contributed by atoms with Crippen molar-refractivity contribution in [2.24, 2.45) is 5.92 Å². The predicted molar refractivity (Wildman–Crippen MR) is 79.0 cm³/mol. The molecule has 1 saturated carbocycles. The molecule has 0 bridgehead atoms. The number of rotatable bonds is 9. The van der Waals surface area contributed by atoms with Crippen molar-refractivity contribution in [3.05, 3.63) is 23.7 Å². The van der Waals surface area contributed by atoms with E-state index in [1.54, 1.807) is 0 Å². The second-order valence-corrected chi connectivity index (χ2v) is 6.10. The first-order valence-corrected chi connectivity index (χ1v) is 7.70. The van der Waals surface area contributed by atoms with Gasteiger partial charge in [0.2, 0.25) is 0 Å². The molecule has 2 rings (SSSR count). The molecule has 0 amide bonds. The molecule has 0 atom stereocenters. The van der Waals surface area contributed by atoms with Gasteiger partial charge in [0.1, 0.15) is 5.76 Å². The third-order valence-electron chi connectivity index (χ3n) is 3.63. The number of nitrogens with one attached hydrogen (secondary N) is 1. The van der Waals surface area contributed by atoms with Gasteiger partial charge < -0.3 is 9.73 Å². The largest absolute Gasteiger partial charge is 0.468 e. The fourth-order valence-corrected chi connectivity index (χ4v) is 2.46. The van der Waals surface area contributed by atoms with E-state index < -0.39 is 0 Å². The second-order valence-electron chi connectivity index (χ2n) is 6.10. The minimum Gasteiger partial charge on any atom is -0.468 e. The van der Waals surface area contributed by atoms with Gasteiger partial charge in [-0.15, -0.1) is 0 Å². The van der Waals surface area contributed by atoms with Gasteiger partial charge in [-0.3, -0.25) is 4.90 Å². The Kier molecular flexibility index (Phi) is 5.46. The van der Waals surface area contributed by atoms with Gasteiger partial charge in [0.25, 0.3) is 0 Å². The Bertz CT molecular complexity index is 369. The Morgan fingerprint density at radius 2 is 2.21 bits per heavy atom. The van der Waals surface area contributed by atoms with Gasteiger partial charge in [-0.05, 0) is 44.3 Å². The normalized spacial score (nSPS) is 15.6. The summed E-state index contributed by atoms with van der Waals surface area (Å²) >= 11 is 0. The molecule has 19 heavy (non-hydrogen) atoms. The van der Waals surface area contributed by atoms with Crippen LogP contribution in [0.4, 0.5) is 0 Å². The lowest BCUT2D eigenvalue weighted by atomic mass is 10.2. The summed E-state index contributed by atoms with van der Waals surface area (Å²) in [5.74, 6) is 1.84. The van der Waals surface area contributed by atoms with E-state index in [4.69, 9.17) is 4.42 Å². The number of hydrogen-bond acceptors (Lipinski definition) is 3. The van der Waals surface area contributed by atoms with E-state index in [-0.39, 0.29) is 0 Å². The zero-order valence-corrected chi connectivity index (χ0v) is 12.6. The van der Waals surface area contributed by atoms with E-state index in [2.05, 4.69) is 37.1 Å². The standard InChI is InChI=1S/C16H28N2O/c1-4-8-18(15-5-6-15)12-16-14(7-9-19-16)11-17-10-13(2)3/h7,9,13,15,17H,4-6,8,10-12H2,1-3H3. The highest BCUT2D eigenvalue weighted by atomic mass is 16.3. The van der Waals surface area contributed by atoms with Crippen LogP contribution in [-0.2, 0) is 13.1 Å². The highest BCUT2D eigenvalue weighted by Crippen LogP contribution is 2.29. The molecule has 108 valence electrons. The van der Waals surface area contributed by atoms with Crippen LogP contribution in [0.15, 0.2) is 16.7 Å². The quantitative estimate of drug-likeness (QED) is 0.741. The molecule has 1 heterocycles. The van der Waals surface area contributed by atoms with Gasteiger partial charge >= 0.3 is 0 Å². The first kappa shape index (κ1) is 14.6. The zero-order valence-electron chi connectivity index (χ0n) is 12.6. The van der Waals surface area contributed by atoms with Crippen molar-refractivity contribution < 1.29 is 4.42 Å². The summed E-state index contributed by atoms with van der Waals surface area (Å²) in [7, 11) is 0. The summed E-state index contributed by atoms with van der Waals surface area (Å²) in [6, 6.07) is 2.92. The zero-order chi connectivity index (χ0) is 13.7. The molecular formula is C16H28N2O. The molecular weight excluding hydrogens is 236 g/mol. The van der Waals surface area contributed by atoms with Crippen molar-refractivity contribution in [3.63, 3.8) is 0 Å². The number of hydrogen-bond donors (Lipinski definition) is 1. The van der Waals surface area contributed by atoms with Crippen molar-refractivity contribution in [2.75, 3.05) is 13.1 Å². The first-order chi connectivity index (χ1) is 9.20. The maximum absolute atomic E-state index is 5.70. The molecule has 1 aliphatic carbocycles. The summed E-state index contributed by atoms with van der Waals surface area (Å²) < 4.78 is 5.70. The summed E-state index contributed by atoms with van der Waals surface area (Å²) in [4.78, 5) is 2.57. The van der Waals surface area contributed by atoms with Crippen molar-refractivity contribution >= 4 is 0 Å². The van der Waals surface area contributed by atoms with Gasteiger partial charge in [-0.1, -0.05) is 20.8 Å². The van der Waals surface area contributed by atoms with Crippen molar-refractivity contribution in [1.29, 1.82) is 0 Å². The van der Waals surface area contributed by atoms with Gasteiger partial charge in [-0.2, -0.15) is 0 Å². The van der Waals surface area contributed by atoms with Crippen LogP contribution in [0, 0.1) is 5.92 Å². The Hall–Kier alpha value is -0.800. The van der Waals surface area contributed by atoms with Gasteiger partial charge in [-0.25, -0.2) is 0 Å². The van der Waals surface area contributed by atoms with Crippen LogP contribution in [0.1, 0.15) is 51.4 Å². The highest BCUT2D eigenvalue weighted by Gasteiger charge is 2.29. The topological polar surface area (TPSA) is 28.4 Å². The molecule has 1 aromatic rings. The van der Waals surface area contributed by atoms with E-state index in [0.717, 1.165) is 31.4 Å². The molecule has 0 aromatic carbocycles. The van der Waals surface area contributed by atoms with E-state index in [1.807, 2.05) is 6.26 Å². The Morgan fingerprint density at radius 3 is 2.84 bits per heavy atom. The Labute approximate surface area is 117 Å². The SMILES string of the molecule is CCCN(Cc1occc1CNCC(C)C)C1CC1. The van der Waals surface area contributed by atoms with Crippen LogP contribution in [0.5, 0.6) is 0 Å². The predicted octanol–water partition coefficient (Wildman–Crippen LogP) is 3.40. The van der Waals surface area contributed by atoms with Crippen LogP contribution >= 0.6 is 0 Å². The lowest BCUT2D eigenvalue weighted by molar-refractivity contribution is 0.233. The van der Waals surface area contributed by atoms with Crippen LogP contribution in [-0.4, -0.2) is 24.0 Å². The van der Waals surface area contributed by atoms with Gasteiger partial charge in [0, 0.05) is 18.2 Å². The highest BCUT2D eigenvalue weighted by molar-refractivity contribution is 5.17. The second kappa shape index (κ2) is 7.11. The van der Waals surface area contributed by atoms with Crippen LogP contribution in [0.3, 0.4) is 0 Å². The molecule has 0 spiro atoms. The number of nitrogens with zero attached hydrogens (tertiary/aromatic N) is 1. The summed E-state index contributed by atoms with van der Waals surface area (Å²) in [6.07, 6.45) is 5.78. The molecule has 0 aliphatic heterocycles. The molecule has 3 heteroatoms. The lowest BCUT2D eigenvalue weighted by Crippen LogP contribution is -2.27. The van der Waals surface area contributed by atoms with Gasteiger partial charge in [0.05, 0.1) is 12.8 Å². The summed E-state index contributed by atoms with van der Waals surface area (Å²) in [5, 5.41) is 3.50. The molecule has 1 N–H and O–H groups in total. The fraction of sp³-hybridized carbons (Fsp3) is 0.750. The molecule has 0 unspecified atom stereocenters. The van der Waals surface area contributed by atoms with Crippen molar-refractivity contribution in [2.45, 2.75) is 59.2 Å². The average molecular weight is 264 g/mol. The maximum atomic E-state index is 5.70. The summed E-state index contributed by atoms with van der Waals surface area (Å²) in [5.41, 5.74) is 1.32. The van der Waals surface area contributed by atoms with Gasteiger partial charge in [0.15, 0.2) is 0 Å². The van der Waals surface area contributed by atoms with Crippen molar-refractivity contribution in [1.82, 2.24) is 10.2 Å². The number of furan rings is 1. The Morgan fingerprint density at radius 1 is 1.42 bits per heavy atom. The van der Waals surface area contributed by atoms with E-state index >= 15 is 0 Å².